The van der Waals surface area contributed by atoms with Crippen molar-refractivity contribution in [2.45, 2.75) is 13.0 Å². The van der Waals surface area contributed by atoms with Gasteiger partial charge >= 0.3 is 0 Å². The van der Waals surface area contributed by atoms with Gasteiger partial charge in [0, 0.05) is 20.0 Å². The fourth-order valence-electron chi connectivity index (χ4n) is 1.69. The van der Waals surface area contributed by atoms with Crippen molar-refractivity contribution in [1.29, 1.82) is 0 Å². The molecule has 1 aliphatic heterocycles. The molecular weight excluding hydrogens is 256 g/mol. The lowest BCUT2D eigenvalue weighted by Crippen LogP contribution is -2.51. The molecule has 0 aromatic carbocycles. The van der Waals surface area contributed by atoms with Gasteiger partial charge in [0.15, 0.2) is 0 Å². The summed E-state index contributed by atoms with van der Waals surface area (Å²) >= 11 is 5.54. The van der Waals surface area contributed by atoms with Crippen molar-refractivity contribution in [2.24, 2.45) is 11.5 Å². The standard InChI is InChI=1S/C11H19ClN4O2/c1-8(17)15-6-9-7-18-5-4-16(9)11(14)3-2-10(12)13/h2-3,9H,4-7,13-14H2,1H3,(H,15,17)/b10-2-,11-3+. The van der Waals surface area contributed by atoms with Gasteiger partial charge in [-0.1, -0.05) is 11.6 Å². The van der Waals surface area contributed by atoms with Gasteiger partial charge < -0.3 is 26.4 Å². The van der Waals surface area contributed by atoms with Crippen molar-refractivity contribution in [3.8, 4) is 0 Å². The Balaban J connectivity index is 2.66. The molecule has 1 atom stereocenters. The van der Waals surface area contributed by atoms with Crippen LogP contribution in [0.3, 0.4) is 0 Å². The smallest absolute Gasteiger partial charge is 0.216 e. The van der Waals surface area contributed by atoms with Gasteiger partial charge in [-0.2, -0.15) is 0 Å². The van der Waals surface area contributed by atoms with E-state index in [0.29, 0.717) is 32.1 Å². The quantitative estimate of drug-likeness (QED) is 0.482. The topological polar surface area (TPSA) is 93.6 Å². The number of morpholine rings is 1. The predicted molar refractivity (Wildman–Crippen MR) is 70.4 cm³/mol. The van der Waals surface area contributed by atoms with Crippen molar-refractivity contribution < 1.29 is 9.53 Å². The van der Waals surface area contributed by atoms with Crippen LogP contribution in [-0.2, 0) is 9.53 Å². The van der Waals surface area contributed by atoms with Crippen LogP contribution in [0.5, 0.6) is 0 Å². The molecule has 0 aromatic heterocycles. The summed E-state index contributed by atoms with van der Waals surface area (Å²) in [6.45, 7) is 3.76. The summed E-state index contributed by atoms with van der Waals surface area (Å²) in [5, 5.41) is 2.93. The fraction of sp³-hybridized carbons (Fsp3) is 0.545. The number of rotatable bonds is 4. The number of nitrogens with one attached hydrogen (secondary N) is 1. The monoisotopic (exact) mass is 274 g/mol. The minimum absolute atomic E-state index is 0.0175. The molecule has 0 bridgehead atoms. The van der Waals surface area contributed by atoms with Crippen molar-refractivity contribution >= 4 is 17.5 Å². The first-order valence-electron chi connectivity index (χ1n) is 5.68. The molecule has 18 heavy (non-hydrogen) atoms. The molecular formula is C11H19ClN4O2. The largest absolute Gasteiger partial charge is 0.389 e. The highest BCUT2D eigenvalue weighted by Crippen LogP contribution is 2.11. The maximum atomic E-state index is 10.9. The van der Waals surface area contributed by atoms with E-state index in [0.717, 1.165) is 0 Å². The van der Waals surface area contributed by atoms with E-state index in [4.69, 9.17) is 27.8 Å². The Labute approximate surface area is 112 Å². The van der Waals surface area contributed by atoms with Gasteiger partial charge in [-0.3, -0.25) is 4.79 Å². The summed E-state index contributed by atoms with van der Waals surface area (Å²) in [4.78, 5) is 12.9. The first kappa shape index (κ1) is 14.7. The Kier molecular flexibility index (Phi) is 5.80. The van der Waals surface area contributed by atoms with E-state index >= 15 is 0 Å². The van der Waals surface area contributed by atoms with Gasteiger partial charge in [0.05, 0.1) is 30.2 Å². The SMILES string of the molecule is CC(=O)NCC1COCCN1/C(N)=C/C=C(\N)Cl. The van der Waals surface area contributed by atoms with Crippen LogP contribution < -0.4 is 16.8 Å². The molecule has 6 nitrogen and oxygen atoms in total. The van der Waals surface area contributed by atoms with Crippen molar-refractivity contribution in [1.82, 2.24) is 10.2 Å². The van der Waals surface area contributed by atoms with Gasteiger partial charge in [-0.15, -0.1) is 0 Å². The van der Waals surface area contributed by atoms with Gasteiger partial charge in [0.25, 0.3) is 0 Å². The lowest BCUT2D eigenvalue weighted by Gasteiger charge is -2.37. The summed E-state index contributed by atoms with van der Waals surface area (Å²) in [6.07, 6.45) is 3.18. The summed E-state index contributed by atoms with van der Waals surface area (Å²) in [6, 6.07) is 0.0175. The molecule has 102 valence electrons. The zero-order valence-electron chi connectivity index (χ0n) is 10.4. The molecule has 1 unspecified atom stereocenters. The van der Waals surface area contributed by atoms with Crippen LogP contribution in [0.25, 0.3) is 0 Å². The Morgan fingerprint density at radius 3 is 2.89 bits per heavy atom. The zero-order valence-corrected chi connectivity index (χ0v) is 11.1. The zero-order chi connectivity index (χ0) is 13.5. The lowest BCUT2D eigenvalue weighted by atomic mass is 10.2. The third kappa shape index (κ3) is 4.85. The number of halogens is 1. The van der Waals surface area contributed by atoms with Crippen LogP contribution in [0.1, 0.15) is 6.92 Å². The molecule has 1 aliphatic rings. The van der Waals surface area contributed by atoms with Crippen LogP contribution in [0.2, 0.25) is 0 Å². The van der Waals surface area contributed by atoms with Crippen LogP contribution in [0.15, 0.2) is 23.1 Å². The number of allylic oxidation sites excluding steroid dienone is 2. The maximum Gasteiger partial charge on any atom is 0.216 e. The first-order chi connectivity index (χ1) is 8.50. The Morgan fingerprint density at radius 2 is 2.28 bits per heavy atom. The molecule has 0 spiro atoms. The van der Waals surface area contributed by atoms with Crippen LogP contribution in [0.4, 0.5) is 0 Å². The van der Waals surface area contributed by atoms with Gasteiger partial charge in [-0.05, 0) is 12.2 Å². The van der Waals surface area contributed by atoms with Crippen LogP contribution in [0, 0.1) is 0 Å². The van der Waals surface area contributed by atoms with E-state index in [-0.39, 0.29) is 17.1 Å². The average Bonchev–Trinajstić information content (AvgIpc) is 2.33. The molecule has 5 N–H and O–H groups in total. The minimum atomic E-state index is -0.0760. The van der Waals surface area contributed by atoms with E-state index in [1.165, 1.54) is 13.0 Å². The molecule has 0 aliphatic carbocycles. The van der Waals surface area contributed by atoms with Gasteiger partial charge in [0.1, 0.15) is 0 Å². The highest BCUT2D eigenvalue weighted by molar-refractivity contribution is 6.29. The van der Waals surface area contributed by atoms with Crippen molar-refractivity contribution in [3.63, 3.8) is 0 Å². The normalized spacial score (nSPS) is 21.9. The number of nitrogens with zero attached hydrogens (tertiary/aromatic N) is 1. The Bertz CT molecular complexity index is 353. The highest BCUT2D eigenvalue weighted by atomic mass is 35.5. The van der Waals surface area contributed by atoms with Gasteiger partial charge in [0.2, 0.25) is 5.91 Å². The van der Waals surface area contributed by atoms with E-state index < -0.39 is 0 Å². The van der Waals surface area contributed by atoms with E-state index in [1.54, 1.807) is 6.08 Å². The molecule has 0 saturated carbocycles. The van der Waals surface area contributed by atoms with Crippen molar-refractivity contribution in [3.05, 3.63) is 23.1 Å². The van der Waals surface area contributed by atoms with E-state index in [9.17, 15) is 4.79 Å². The number of nitrogens with two attached hydrogens (primary N) is 2. The second-order valence-electron chi connectivity index (χ2n) is 4.00. The Morgan fingerprint density at radius 1 is 1.56 bits per heavy atom. The molecule has 1 fully saturated rings. The van der Waals surface area contributed by atoms with Crippen LogP contribution >= 0.6 is 11.6 Å². The number of ether oxygens (including phenoxy) is 1. The number of carbonyl (C=O) groups excluding carboxylic acids is 1. The highest BCUT2D eigenvalue weighted by Gasteiger charge is 2.23. The maximum absolute atomic E-state index is 10.9. The molecule has 1 saturated heterocycles. The first-order valence-corrected chi connectivity index (χ1v) is 6.05. The van der Waals surface area contributed by atoms with Crippen molar-refractivity contribution in [2.75, 3.05) is 26.3 Å². The Hall–Kier alpha value is -1.40. The summed E-state index contributed by atoms with van der Waals surface area (Å²) < 4.78 is 5.38. The van der Waals surface area contributed by atoms with E-state index in [2.05, 4.69) is 5.32 Å². The van der Waals surface area contributed by atoms with E-state index in [1.807, 2.05) is 4.90 Å². The van der Waals surface area contributed by atoms with Gasteiger partial charge in [-0.25, -0.2) is 0 Å². The number of carbonyl (C=O) groups is 1. The molecule has 0 radical (unpaired) electrons. The molecule has 0 aromatic rings. The molecule has 1 amide bonds. The number of amides is 1. The molecule has 1 rings (SSSR count). The fourth-order valence-corrected chi connectivity index (χ4v) is 1.75. The molecule has 7 heteroatoms. The summed E-state index contributed by atoms with van der Waals surface area (Å²) in [5.41, 5.74) is 11.3. The van der Waals surface area contributed by atoms with Crippen LogP contribution in [-0.4, -0.2) is 43.2 Å². The predicted octanol–water partition coefficient (Wildman–Crippen LogP) is -0.338. The molecule has 1 heterocycles. The second kappa shape index (κ2) is 7.13. The minimum Gasteiger partial charge on any atom is -0.389 e. The number of hydrogen-bond acceptors (Lipinski definition) is 5. The summed E-state index contributed by atoms with van der Waals surface area (Å²) in [7, 11) is 0. The second-order valence-corrected chi connectivity index (χ2v) is 4.44. The third-order valence-corrected chi connectivity index (χ3v) is 2.69. The summed E-state index contributed by atoms with van der Waals surface area (Å²) in [5.74, 6) is 0.477. The third-order valence-electron chi connectivity index (χ3n) is 2.56. The average molecular weight is 275 g/mol. The number of hydrogen-bond donors (Lipinski definition) is 3. The lowest BCUT2D eigenvalue weighted by molar-refractivity contribution is -0.119.